The van der Waals surface area contributed by atoms with Crippen molar-refractivity contribution in [2.75, 3.05) is 55.7 Å². The van der Waals surface area contributed by atoms with Crippen LogP contribution < -0.4 is 19.9 Å². The molecular formula is C30H34N6O3. The van der Waals surface area contributed by atoms with Crippen LogP contribution in [0.15, 0.2) is 60.8 Å². The van der Waals surface area contributed by atoms with Crippen LogP contribution in [0.4, 0.5) is 11.5 Å². The van der Waals surface area contributed by atoms with Crippen molar-refractivity contribution < 1.29 is 14.6 Å². The number of ether oxygens (including phenoxy) is 1. The fraction of sp³-hybridized carbons (Fsp3) is 0.367. The van der Waals surface area contributed by atoms with E-state index in [9.17, 15) is 9.90 Å². The topological polar surface area (TPSA) is 94.1 Å². The number of phenols is 1. The summed E-state index contributed by atoms with van der Waals surface area (Å²) < 4.78 is 6.16. The summed E-state index contributed by atoms with van der Waals surface area (Å²) in [4.78, 5) is 28.3. The van der Waals surface area contributed by atoms with Gasteiger partial charge in [0.25, 0.3) is 0 Å². The quantitative estimate of drug-likeness (QED) is 0.473. The Morgan fingerprint density at radius 3 is 2.72 bits per heavy atom. The first kappa shape index (κ1) is 25.0. The average molecular weight is 527 g/mol. The first-order valence-electron chi connectivity index (χ1n) is 13.7. The fourth-order valence-electron chi connectivity index (χ4n) is 5.70. The third-order valence-electron chi connectivity index (χ3n) is 7.77. The van der Waals surface area contributed by atoms with Crippen molar-refractivity contribution in [2.24, 2.45) is 0 Å². The van der Waals surface area contributed by atoms with Gasteiger partial charge in [-0.1, -0.05) is 30.8 Å². The maximum atomic E-state index is 12.1. The molecule has 4 heterocycles. The maximum Gasteiger partial charge on any atom is 0.318 e. The third-order valence-corrected chi connectivity index (χ3v) is 7.77. The first-order valence-corrected chi connectivity index (χ1v) is 13.7. The summed E-state index contributed by atoms with van der Waals surface area (Å²) in [6, 6.07) is 12.1. The molecule has 3 aliphatic rings. The smallest absolute Gasteiger partial charge is 0.318 e. The lowest BCUT2D eigenvalue weighted by Crippen LogP contribution is -2.49. The second kappa shape index (κ2) is 10.8. The first-order chi connectivity index (χ1) is 19.1. The summed E-state index contributed by atoms with van der Waals surface area (Å²) in [5.74, 6) is 1.12. The van der Waals surface area contributed by atoms with E-state index in [0.717, 1.165) is 65.9 Å². The number of carbonyl (C=O) groups is 1. The lowest BCUT2D eigenvalue weighted by Gasteiger charge is -2.38. The van der Waals surface area contributed by atoms with Gasteiger partial charge in [-0.05, 0) is 48.6 Å². The molecule has 0 atom stereocenters. The summed E-state index contributed by atoms with van der Waals surface area (Å²) in [7, 11) is 0. The van der Waals surface area contributed by atoms with Crippen molar-refractivity contribution in [3.8, 4) is 11.8 Å². The van der Waals surface area contributed by atoms with Gasteiger partial charge < -0.3 is 29.9 Å². The molecular weight excluding hydrogens is 492 g/mol. The van der Waals surface area contributed by atoms with E-state index in [0.29, 0.717) is 45.3 Å². The normalized spacial score (nSPS) is 17.3. The van der Waals surface area contributed by atoms with Crippen LogP contribution in [0.25, 0.3) is 10.8 Å². The van der Waals surface area contributed by atoms with E-state index in [4.69, 9.17) is 14.7 Å². The molecule has 6 rings (SSSR count). The maximum absolute atomic E-state index is 12.1. The lowest BCUT2D eigenvalue weighted by molar-refractivity contribution is -0.126. The zero-order valence-corrected chi connectivity index (χ0v) is 22.1. The predicted molar refractivity (Wildman–Crippen MR) is 152 cm³/mol. The van der Waals surface area contributed by atoms with E-state index in [-0.39, 0.29) is 11.7 Å². The van der Waals surface area contributed by atoms with Crippen molar-refractivity contribution in [1.82, 2.24) is 20.2 Å². The van der Waals surface area contributed by atoms with Gasteiger partial charge in [0.05, 0.1) is 12.2 Å². The Morgan fingerprint density at radius 1 is 1.08 bits per heavy atom. The predicted octanol–water partition coefficient (Wildman–Crippen LogP) is 3.38. The minimum atomic E-state index is -0.0354. The number of anilines is 2. The summed E-state index contributed by atoms with van der Waals surface area (Å²) >= 11 is 0. The molecule has 0 radical (unpaired) electrons. The second-order valence-electron chi connectivity index (χ2n) is 10.3. The van der Waals surface area contributed by atoms with Gasteiger partial charge in [0, 0.05) is 62.0 Å². The number of phenolic OH excluding ortho intramolecular Hbond substituents is 1. The van der Waals surface area contributed by atoms with Crippen molar-refractivity contribution in [1.29, 1.82) is 0 Å². The van der Waals surface area contributed by atoms with Crippen LogP contribution >= 0.6 is 0 Å². The highest BCUT2D eigenvalue weighted by atomic mass is 16.5. The van der Waals surface area contributed by atoms with E-state index in [1.165, 1.54) is 11.6 Å². The van der Waals surface area contributed by atoms with Crippen molar-refractivity contribution >= 4 is 28.2 Å². The minimum absolute atomic E-state index is 0.0354. The highest BCUT2D eigenvalue weighted by Gasteiger charge is 2.29. The molecule has 0 unspecified atom stereocenters. The number of carbonyl (C=O) groups excluding carboxylic acids is 1. The van der Waals surface area contributed by atoms with E-state index >= 15 is 0 Å². The summed E-state index contributed by atoms with van der Waals surface area (Å²) in [5, 5.41) is 15.8. The Balaban J connectivity index is 1.31. The van der Waals surface area contributed by atoms with Gasteiger partial charge >= 0.3 is 6.01 Å². The molecule has 2 N–H and O–H groups in total. The molecule has 0 spiro atoms. The number of aromatic nitrogens is 2. The summed E-state index contributed by atoms with van der Waals surface area (Å²) in [6.45, 7) is 9.08. The van der Waals surface area contributed by atoms with Crippen molar-refractivity contribution in [3.05, 3.63) is 72.1 Å². The highest BCUT2D eigenvalue weighted by molar-refractivity contribution is 5.95. The van der Waals surface area contributed by atoms with Gasteiger partial charge in [0.1, 0.15) is 18.2 Å². The van der Waals surface area contributed by atoms with Gasteiger partial charge in [-0.2, -0.15) is 9.97 Å². The van der Waals surface area contributed by atoms with E-state index in [1.54, 1.807) is 6.07 Å². The van der Waals surface area contributed by atoms with E-state index in [2.05, 4.69) is 27.8 Å². The zero-order valence-electron chi connectivity index (χ0n) is 22.1. The number of fused-ring (bicyclic) bond motifs is 2. The molecule has 39 heavy (non-hydrogen) atoms. The Hall–Kier alpha value is -4.27. The molecule has 3 aromatic rings. The van der Waals surface area contributed by atoms with Crippen LogP contribution in [0.5, 0.6) is 11.8 Å². The number of hydrogen-bond acceptors (Lipinski definition) is 8. The van der Waals surface area contributed by atoms with E-state index < -0.39 is 0 Å². The fourth-order valence-corrected chi connectivity index (χ4v) is 5.70. The Labute approximate surface area is 228 Å². The van der Waals surface area contributed by atoms with Crippen LogP contribution in [0.3, 0.4) is 0 Å². The molecule has 9 heteroatoms. The molecule has 202 valence electrons. The Morgan fingerprint density at radius 2 is 1.92 bits per heavy atom. The van der Waals surface area contributed by atoms with Crippen molar-refractivity contribution in [3.63, 3.8) is 0 Å². The Kier molecular flexibility index (Phi) is 6.96. The minimum Gasteiger partial charge on any atom is -0.508 e. The number of rotatable bonds is 6. The average Bonchev–Trinajstić information content (AvgIpc) is 2.99. The summed E-state index contributed by atoms with van der Waals surface area (Å²) in [6.07, 6.45) is 6.28. The third kappa shape index (κ3) is 5.21. The monoisotopic (exact) mass is 526 g/mol. The van der Waals surface area contributed by atoms with E-state index in [1.807, 2.05) is 35.4 Å². The lowest BCUT2D eigenvalue weighted by atomic mass is 10.0. The molecule has 0 aliphatic carbocycles. The van der Waals surface area contributed by atoms with Gasteiger partial charge in [0.15, 0.2) is 0 Å². The molecule has 3 aliphatic heterocycles. The van der Waals surface area contributed by atoms with Gasteiger partial charge in [-0.3, -0.25) is 4.79 Å². The molecule has 2 aromatic carbocycles. The number of aromatic hydroxyl groups is 1. The number of piperazine rings is 1. The second-order valence-corrected chi connectivity index (χ2v) is 10.3. The SMILES string of the molecule is C=CC(=O)N1CCN(c2nc(OCC3=CNCCC3)nc3c2CCN(c2cc(O)cc4ccccc24)C3)CC1. The molecule has 9 nitrogen and oxygen atoms in total. The number of hydrogen-bond donors (Lipinski definition) is 2. The van der Waals surface area contributed by atoms with Gasteiger partial charge in [-0.25, -0.2) is 0 Å². The largest absolute Gasteiger partial charge is 0.508 e. The van der Waals surface area contributed by atoms with Crippen LogP contribution in [-0.2, 0) is 17.8 Å². The van der Waals surface area contributed by atoms with Gasteiger partial charge in [0.2, 0.25) is 5.91 Å². The number of nitrogens with one attached hydrogen (secondary N) is 1. The van der Waals surface area contributed by atoms with Crippen molar-refractivity contribution in [2.45, 2.75) is 25.8 Å². The molecule has 0 bridgehead atoms. The number of benzene rings is 2. The molecule has 1 saturated heterocycles. The highest BCUT2D eigenvalue weighted by Crippen LogP contribution is 2.36. The van der Waals surface area contributed by atoms with Crippen LogP contribution in [0, 0.1) is 0 Å². The molecule has 1 fully saturated rings. The van der Waals surface area contributed by atoms with Gasteiger partial charge in [-0.15, -0.1) is 0 Å². The molecule has 1 aromatic heterocycles. The summed E-state index contributed by atoms with van der Waals surface area (Å²) in [5.41, 5.74) is 4.27. The van der Waals surface area contributed by atoms with Crippen LogP contribution in [0.1, 0.15) is 24.1 Å². The number of nitrogens with zero attached hydrogens (tertiary/aromatic N) is 5. The molecule has 0 saturated carbocycles. The zero-order chi connectivity index (χ0) is 26.8. The number of amides is 1. The van der Waals surface area contributed by atoms with Crippen LogP contribution in [0.2, 0.25) is 0 Å². The standard InChI is InChI=1S/C30H34N6O3/c1-2-28(38)34-12-14-35(15-13-34)29-25-9-11-36(27-17-23(37)16-22-7-3-4-8-24(22)27)19-26(25)32-30(33-29)39-20-21-6-5-10-31-18-21/h2-4,7-8,16-18,31,37H,1,5-6,9-15,19-20H2. The van der Waals surface area contributed by atoms with Crippen LogP contribution in [-0.4, -0.2) is 71.8 Å². The molecule has 1 amide bonds. The Bertz CT molecular complexity index is 1430.